The smallest absolute Gasteiger partial charge is 0.282 e. The van der Waals surface area contributed by atoms with Crippen LogP contribution in [-0.4, -0.2) is 55.8 Å². The summed E-state index contributed by atoms with van der Waals surface area (Å²) in [5.74, 6) is 0.543. The Bertz CT molecular complexity index is 428. The van der Waals surface area contributed by atoms with Crippen molar-refractivity contribution in [3.05, 3.63) is 0 Å². The maximum absolute atomic E-state index is 13.0. The molecule has 0 saturated carbocycles. The highest BCUT2D eigenvalue weighted by atomic mass is 32.2. The molecule has 5 nitrogen and oxygen atoms in total. The lowest BCUT2D eigenvalue weighted by Crippen LogP contribution is -2.51. The molecule has 0 aromatic carbocycles. The first-order valence-electron chi connectivity index (χ1n) is 8.67. The minimum atomic E-state index is -3.24. The molecule has 0 bridgehead atoms. The largest absolute Gasteiger partial charge is 0.317 e. The molecule has 3 rings (SSSR count). The van der Waals surface area contributed by atoms with Crippen molar-refractivity contribution in [3.8, 4) is 0 Å². The van der Waals surface area contributed by atoms with Crippen LogP contribution < -0.4 is 5.32 Å². The Kier molecular flexibility index (Phi) is 5.19. The first kappa shape index (κ1) is 15.7. The van der Waals surface area contributed by atoms with Gasteiger partial charge >= 0.3 is 0 Å². The van der Waals surface area contributed by atoms with E-state index in [1.165, 1.54) is 12.8 Å². The molecule has 0 aromatic heterocycles. The van der Waals surface area contributed by atoms with Gasteiger partial charge < -0.3 is 5.32 Å². The van der Waals surface area contributed by atoms with Gasteiger partial charge in [-0.3, -0.25) is 0 Å². The number of hydrogen-bond acceptors (Lipinski definition) is 3. The van der Waals surface area contributed by atoms with E-state index < -0.39 is 10.2 Å². The van der Waals surface area contributed by atoms with E-state index in [0.29, 0.717) is 5.92 Å². The fraction of sp³-hybridized carbons (Fsp3) is 1.00. The molecule has 1 unspecified atom stereocenters. The molecule has 3 fully saturated rings. The zero-order valence-corrected chi connectivity index (χ0v) is 13.8. The third-order valence-corrected chi connectivity index (χ3v) is 7.43. The van der Waals surface area contributed by atoms with E-state index in [2.05, 4.69) is 5.32 Å². The van der Waals surface area contributed by atoms with Crippen LogP contribution in [0.1, 0.15) is 51.4 Å². The third kappa shape index (κ3) is 3.44. The lowest BCUT2D eigenvalue weighted by Gasteiger charge is -2.38. The van der Waals surface area contributed by atoms with Gasteiger partial charge in [0.05, 0.1) is 0 Å². The summed E-state index contributed by atoms with van der Waals surface area (Å²) < 4.78 is 29.7. The normalized spacial score (nSPS) is 31.3. The molecule has 0 amide bonds. The minimum Gasteiger partial charge on any atom is -0.317 e. The van der Waals surface area contributed by atoms with Crippen molar-refractivity contribution < 1.29 is 8.42 Å². The highest BCUT2D eigenvalue weighted by molar-refractivity contribution is 7.86. The van der Waals surface area contributed by atoms with Crippen molar-refractivity contribution in [3.63, 3.8) is 0 Å². The van der Waals surface area contributed by atoms with Crippen molar-refractivity contribution in [2.75, 3.05) is 32.7 Å². The molecule has 6 heteroatoms. The van der Waals surface area contributed by atoms with Crippen LogP contribution in [-0.2, 0) is 10.2 Å². The maximum atomic E-state index is 13.0. The van der Waals surface area contributed by atoms with E-state index in [9.17, 15) is 8.42 Å². The van der Waals surface area contributed by atoms with E-state index >= 15 is 0 Å². The van der Waals surface area contributed by atoms with Gasteiger partial charge in [0, 0.05) is 25.7 Å². The lowest BCUT2D eigenvalue weighted by molar-refractivity contribution is 0.189. The molecule has 1 atom stereocenters. The topological polar surface area (TPSA) is 52.7 Å². The summed E-state index contributed by atoms with van der Waals surface area (Å²) in [5, 5.41) is 3.40. The number of rotatable bonds is 3. The Balaban J connectivity index is 1.80. The van der Waals surface area contributed by atoms with E-state index in [1.807, 2.05) is 4.31 Å². The van der Waals surface area contributed by atoms with Crippen molar-refractivity contribution in [1.29, 1.82) is 0 Å². The average Bonchev–Trinajstić information content (AvgIpc) is 2.93. The third-order valence-electron chi connectivity index (χ3n) is 5.36. The van der Waals surface area contributed by atoms with Gasteiger partial charge in [-0.25, -0.2) is 0 Å². The fourth-order valence-corrected chi connectivity index (χ4v) is 6.16. The van der Waals surface area contributed by atoms with E-state index in [4.69, 9.17) is 0 Å². The number of nitrogens with zero attached hydrogens (tertiary/aromatic N) is 2. The first-order chi connectivity index (χ1) is 10.2. The number of piperidine rings is 1. The van der Waals surface area contributed by atoms with Crippen molar-refractivity contribution in [1.82, 2.24) is 13.9 Å². The minimum absolute atomic E-state index is 0.236. The zero-order valence-electron chi connectivity index (χ0n) is 13.0. The first-order valence-corrected chi connectivity index (χ1v) is 10.1. The van der Waals surface area contributed by atoms with Crippen LogP contribution in [0.2, 0.25) is 0 Å². The van der Waals surface area contributed by atoms with Gasteiger partial charge in [0.1, 0.15) is 0 Å². The lowest BCUT2D eigenvalue weighted by atomic mass is 9.88. The average molecular weight is 315 g/mol. The fourth-order valence-electron chi connectivity index (χ4n) is 4.16. The number of hydrogen-bond donors (Lipinski definition) is 1. The monoisotopic (exact) mass is 315 g/mol. The van der Waals surface area contributed by atoms with Gasteiger partial charge in [-0.15, -0.1) is 0 Å². The van der Waals surface area contributed by atoms with Gasteiger partial charge in [0.15, 0.2) is 0 Å². The van der Waals surface area contributed by atoms with E-state index in [1.54, 1.807) is 4.31 Å². The summed E-state index contributed by atoms with van der Waals surface area (Å²) in [6.45, 7) is 4.25. The summed E-state index contributed by atoms with van der Waals surface area (Å²) >= 11 is 0. The van der Waals surface area contributed by atoms with E-state index in [-0.39, 0.29) is 6.04 Å². The summed E-state index contributed by atoms with van der Waals surface area (Å²) in [7, 11) is -3.24. The Hall–Kier alpha value is -0.170. The van der Waals surface area contributed by atoms with Gasteiger partial charge in [-0.05, 0) is 57.5 Å². The summed E-state index contributed by atoms with van der Waals surface area (Å²) in [6, 6.07) is 0.236. The van der Waals surface area contributed by atoms with Crippen LogP contribution in [0.25, 0.3) is 0 Å². The van der Waals surface area contributed by atoms with Crippen molar-refractivity contribution >= 4 is 10.2 Å². The van der Waals surface area contributed by atoms with Crippen LogP contribution in [0.5, 0.6) is 0 Å². The van der Waals surface area contributed by atoms with E-state index in [0.717, 1.165) is 71.2 Å². The zero-order chi connectivity index (χ0) is 14.7. The molecule has 122 valence electrons. The molecule has 3 heterocycles. The Morgan fingerprint density at radius 3 is 2.19 bits per heavy atom. The Morgan fingerprint density at radius 1 is 0.810 bits per heavy atom. The van der Waals surface area contributed by atoms with Crippen molar-refractivity contribution in [2.24, 2.45) is 5.92 Å². The summed E-state index contributed by atoms with van der Waals surface area (Å²) in [4.78, 5) is 0. The summed E-state index contributed by atoms with van der Waals surface area (Å²) in [6.07, 6.45) is 8.71. The molecule has 0 radical (unpaired) electrons. The highest BCUT2D eigenvalue weighted by Gasteiger charge is 2.39. The van der Waals surface area contributed by atoms with Crippen LogP contribution in [0, 0.1) is 5.92 Å². The second kappa shape index (κ2) is 6.94. The molecular formula is C15H29N3O2S. The van der Waals surface area contributed by atoms with Gasteiger partial charge in [0.2, 0.25) is 0 Å². The molecule has 1 N–H and O–H groups in total. The molecule has 0 aliphatic carbocycles. The molecule has 3 aliphatic heterocycles. The van der Waals surface area contributed by atoms with Gasteiger partial charge in [0.25, 0.3) is 10.2 Å². The molecule has 3 saturated heterocycles. The highest BCUT2D eigenvalue weighted by Crippen LogP contribution is 2.32. The molecular weight excluding hydrogens is 286 g/mol. The molecule has 3 aliphatic rings. The van der Waals surface area contributed by atoms with Crippen LogP contribution in [0.3, 0.4) is 0 Å². The molecule has 0 spiro atoms. The predicted octanol–water partition coefficient (Wildman–Crippen LogP) is 1.57. The quantitative estimate of drug-likeness (QED) is 0.860. The second-order valence-electron chi connectivity index (χ2n) is 6.73. The standard InChI is InChI=1S/C15H29N3O2S/c19-21(20,17-11-4-5-12-17)18-13-3-1-2-6-15(18)14-7-9-16-10-8-14/h14-16H,1-13H2. The second-order valence-corrected chi connectivity index (χ2v) is 8.61. The van der Waals surface area contributed by atoms with Crippen LogP contribution in [0.4, 0.5) is 0 Å². The molecule has 0 aromatic rings. The van der Waals surface area contributed by atoms with Crippen LogP contribution >= 0.6 is 0 Å². The van der Waals surface area contributed by atoms with Crippen LogP contribution in [0.15, 0.2) is 0 Å². The van der Waals surface area contributed by atoms with Crippen molar-refractivity contribution in [2.45, 2.75) is 57.4 Å². The maximum Gasteiger partial charge on any atom is 0.282 e. The van der Waals surface area contributed by atoms with Gasteiger partial charge in [-0.2, -0.15) is 17.0 Å². The Morgan fingerprint density at radius 2 is 1.48 bits per heavy atom. The van der Waals surface area contributed by atoms with Gasteiger partial charge in [-0.1, -0.05) is 12.8 Å². The predicted molar refractivity (Wildman–Crippen MR) is 84.3 cm³/mol. The number of nitrogens with one attached hydrogen (secondary N) is 1. The Labute approximate surface area is 129 Å². The SMILES string of the molecule is O=S(=O)(N1CCCC1)N1CCCCCC1C1CCNCC1. The molecule has 21 heavy (non-hydrogen) atoms. The summed E-state index contributed by atoms with van der Waals surface area (Å²) in [5.41, 5.74) is 0.